The molecule has 2 aromatic carbocycles. The molecule has 0 aromatic heterocycles. The standard InChI is InChI=1S/C14H19NO3.C8H10O3S/c1-9(2)8-13(16)15-10(3)11-4-6-12(7-5-11)14(17)18;1-12(10,11)8-4-2-7(6-9)3-5-8/h4-7,9-10H,8H2,1-3H3,(H,15,16)(H,17,18);2-5,9H,6H2,1H3. The van der Waals surface area contributed by atoms with Gasteiger partial charge in [-0.25, -0.2) is 13.2 Å². The van der Waals surface area contributed by atoms with E-state index in [2.05, 4.69) is 5.32 Å². The van der Waals surface area contributed by atoms with Crippen molar-refractivity contribution >= 4 is 21.7 Å². The van der Waals surface area contributed by atoms with Crippen LogP contribution in [-0.2, 0) is 21.2 Å². The van der Waals surface area contributed by atoms with E-state index in [9.17, 15) is 18.0 Å². The van der Waals surface area contributed by atoms with E-state index in [1.165, 1.54) is 12.1 Å². The minimum Gasteiger partial charge on any atom is -0.478 e. The smallest absolute Gasteiger partial charge is 0.335 e. The Hall–Kier alpha value is -2.71. The molecule has 30 heavy (non-hydrogen) atoms. The molecule has 0 spiro atoms. The van der Waals surface area contributed by atoms with Crippen molar-refractivity contribution in [1.82, 2.24) is 5.32 Å². The number of carboxylic acid groups (broad SMARTS) is 1. The summed E-state index contributed by atoms with van der Waals surface area (Å²) in [5.41, 5.74) is 1.86. The highest BCUT2D eigenvalue weighted by molar-refractivity contribution is 7.90. The monoisotopic (exact) mass is 435 g/mol. The summed E-state index contributed by atoms with van der Waals surface area (Å²) in [6.07, 6.45) is 1.65. The van der Waals surface area contributed by atoms with E-state index in [0.29, 0.717) is 17.9 Å². The molecule has 8 heteroatoms. The van der Waals surface area contributed by atoms with E-state index in [4.69, 9.17) is 10.2 Å². The largest absolute Gasteiger partial charge is 0.478 e. The van der Waals surface area contributed by atoms with Crippen LogP contribution < -0.4 is 5.32 Å². The van der Waals surface area contributed by atoms with E-state index in [1.54, 1.807) is 36.4 Å². The van der Waals surface area contributed by atoms with E-state index >= 15 is 0 Å². The summed E-state index contributed by atoms with van der Waals surface area (Å²) in [6.45, 7) is 5.80. The molecule has 0 aliphatic carbocycles. The SMILES string of the molecule is CC(C)CC(=O)NC(C)c1ccc(C(=O)O)cc1.CS(=O)(=O)c1ccc(CO)cc1. The Morgan fingerprint density at radius 2 is 1.50 bits per heavy atom. The number of sulfone groups is 1. The fourth-order valence-corrected chi connectivity index (χ4v) is 3.14. The zero-order chi connectivity index (χ0) is 22.9. The van der Waals surface area contributed by atoms with Crippen LogP contribution >= 0.6 is 0 Å². The lowest BCUT2D eigenvalue weighted by Crippen LogP contribution is -2.27. The maximum absolute atomic E-state index is 11.6. The van der Waals surface area contributed by atoms with E-state index in [0.717, 1.165) is 11.8 Å². The fourth-order valence-electron chi connectivity index (χ4n) is 2.51. The molecule has 0 radical (unpaired) electrons. The van der Waals surface area contributed by atoms with Gasteiger partial charge in [-0.2, -0.15) is 0 Å². The Morgan fingerprint density at radius 3 is 1.90 bits per heavy atom. The summed E-state index contributed by atoms with van der Waals surface area (Å²) < 4.78 is 21.9. The Balaban J connectivity index is 0.000000325. The van der Waals surface area contributed by atoms with Gasteiger partial charge in [0.05, 0.1) is 23.1 Å². The normalized spacial score (nSPS) is 11.9. The van der Waals surface area contributed by atoms with Crippen molar-refractivity contribution in [3.05, 3.63) is 65.2 Å². The van der Waals surface area contributed by atoms with Crippen molar-refractivity contribution in [2.45, 2.75) is 44.7 Å². The Bertz CT molecular complexity index is 935. The van der Waals surface area contributed by atoms with Crippen molar-refractivity contribution in [3.8, 4) is 0 Å². The van der Waals surface area contributed by atoms with Gasteiger partial charge in [-0.1, -0.05) is 38.1 Å². The number of nitrogens with one attached hydrogen (secondary N) is 1. The topological polar surface area (TPSA) is 121 Å². The zero-order valence-corrected chi connectivity index (χ0v) is 18.4. The van der Waals surface area contributed by atoms with Crippen LogP contribution in [-0.4, -0.2) is 36.8 Å². The first-order valence-electron chi connectivity index (χ1n) is 9.46. The Labute approximate surface area is 177 Å². The number of benzene rings is 2. The number of aliphatic hydroxyl groups is 1. The second kappa shape index (κ2) is 11.5. The number of carbonyl (C=O) groups is 2. The summed E-state index contributed by atoms with van der Waals surface area (Å²) in [5.74, 6) is -0.607. The third-order valence-corrected chi connectivity index (χ3v) is 5.29. The average Bonchev–Trinajstić information content (AvgIpc) is 2.67. The summed E-state index contributed by atoms with van der Waals surface area (Å²) in [5, 5.41) is 20.4. The first-order valence-corrected chi connectivity index (χ1v) is 11.4. The van der Waals surface area contributed by atoms with Gasteiger partial charge < -0.3 is 15.5 Å². The van der Waals surface area contributed by atoms with Crippen molar-refractivity contribution < 1.29 is 28.2 Å². The van der Waals surface area contributed by atoms with Crippen LogP contribution in [0, 0.1) is 5.92 Å². The lowest BCUT2D eigenvalue weighted by Gasteiger charge is -2.15. The quantitative estimate of drug-likeness (QED) is 0.614. The first-order chi connectivity index (χ1) is 13.9. The Morgan fingerprint density at radius 1 is 0.967 bits per heavy atom. The van der Waals surface area contributed by atoms with E-state index in [1.807, 2.05) is 20.8 Å². The molecule has 0 saturated heterocycles. The van der Waals surface area contributed by atoms with Crippen LogP contribution in [0.2, 0.25) is 0 Å². The number of hydrogen-bond donors (Lipinski definition) is 3. The van der Waals surface area contributed by atoms with Crippen molar-refractivity contribution in [2.24, 2.45) is 5.92 Å². The third kappa shape index (κ3) is 8.75. The van der Waals surface area contributed by atoms with Gasteiger partial charge in [0.25, 0.3) is 0 Å². The molecule has 164 valence electrons. The van der Waals surface area contributed by atoms with Crippen molar-refractivity contribution in [3.63, 3.8) is 0 Å². The van der Waals surface area contributed by atoms with Gasteiger partial charge in [0.15, 0.2) is 9.84 Å². The van der Waals surface area contributed by atoms with Crippen molar-refractivity contribution in [1.29, 1.82) is 0 Å². The number of aromatic carboxylic acids is 1. The van der Waals surface area contributed by atoms with Gasteiger partial charge in [-0.3, -0.25) is 4.79 Å². The van der Waals surface area contributed by atoms with Gasteiger partial charge in [-0.05, 0) is 48.2 Å². The van der Waals surface area contributed by atoms with Crippen molar-refractivity contribution in [2.75, 3.05) is 6.26 Å². The maximum Gasteiger partial charge on any atom is 0.335 e. The summed E-state index contributed by atoms with van der Waals surface area (Å²) in [6, 6.07) is 12.6. The maximum atomic E-state index is 11.6. The van der Waals surface area contributed by atoms with Crippen LogP contribution in [0.3, 0.4) is 0 Å². The minimum absolute atomic E-state index is 0.0137. The molecule has 2 rings (SSSR count). The van der Waals surface area contributed by atoms with Crippen LogP contribution in [0.1, 0.15) is 54.7 Å². The Kier molecular flexibility index (Phi) is 9.68. The van der Waals surface area contributed by atoms with Crippen LogP contribution in [0.25, 0.3) is 0 Å². The van der Waals surface area contributed by atoms with Crippen LogP contribution in [0.15, 0.2) is 53.4 Å². The van der Waals surface area contributed by atoms with Gasteiger partial charge in [0.1, 0.15) is 0 Å². The molecule has 1 unspecified atom stereocenters. The average molecular weight is 436 g/mol. The fraction of sp³-hybridized carbons (Fsp3) is 0.364. The number of carbonyl (C=O) groups excluding carboxylic acids is 1. The first kappa shape index (κ1) is 25.3. The highest BCUT2D eigenvalue weighted by Crippen LogP contribution is 2.14. The number of aliphatic hydroxyl groups excluding tert-OH is 1. The summed E-state index contributed by atoms with van der Waals surface area (Å²) >= 11 is 0. The van der Waals surface area contributed by atoms with Crippen LogP contribution in [0.5, 0.6) is 0 Å². The molecule has 1 atom stereocenters. The molecule has 0 bridgehead atoms. The molecular formula is C22H29NO6S. The third-order valence-electron chi connectivity index (χ3n) is 4.16. The molecule has 0 fully saturated rings. The molecule has 7 nitrogen and oxygen atoms in total. The summed E-state index contributed by atoms with van der Waals surface area (Å²) in [7, 11) is -3.11. The minimum atomic E-state index is -3.11. The molecule has 0 aliphatic heterocycles. The highest BCUT2D eigenvalue weighted by Gasteiger charge is 2.11. The van der Waals surface area contributed by atoms with Gasteiger partial charge in [-0.15, -0.1) is 0 Å². The predicted octanol–water partition coefficient (Wildman–Crippen LogP) is 3.19. The summed E-state index contributed by atoms with van der Waals surface area (Å²) in [4.78, 5) is 22.6. The predicted molar refractivity (Wildman–Crippen MR) is 115 cm³/mol. The van der Waals surface area contributed by atoms with E-state index in [-0.39, 0.29) is 29.0 Å². The van der Waals surface area contributed by atoms with Gasteiger partial charge >= 0.3 is 5.97 Å². The number of amides is 1. The molecule has 0 saturated carbocycles. The second-order valence-electron chi connectivity index (χ2n) is 7.39. The molecule has 0 heterocycles. The lowest BCUT2D eigenvalue weighted by molar-refractivity contribution is -0.122. The number of carboxylic acids is 1. The van der Waals surface area contributed by atoms with Gasteiger partial charge in [0.2, 0.25) is 5.91 Å². The highest BCUT2D eigenvalue weighted by atomic mass is 32.2. The molecule has 2 aromatic rings. The zero-order valence-electron chi connectivity index (χ0n) is 17.6. The van der Waals surface area contributed by atoms with Crippen LogP contribution in [0.4, 0.5) is 0 Å². The van der Waals surface area contributed by atoms with Gasteiger partial charge in [0, 0.05) is 12.7 Å². The number of rotatable bonds is 7. The molecular weight excluding hydrogens is 406 g/mol. The second-order valence-corrected chi connectivity index (χ2v) is 9.40. The molecule has 3 N–H and O–H groups in total. The molecule has 1 amide bonds. The van der Waals surface area contributed by atoms with E-state index < -0.39 is 15.8 Å². The molecule has 0 aliphatic rings. The number of hydrogen-bond acceptors (Lipinski definition) is 5. The lowest BCUT2D eigenvalue weighted by atomic mass is 10.1.